The largest absolute Gasteiger partial charge is 0.312 e. The lowest BCUT2D eigenvalue weighted by Gasteiger charge is -2.40. The van der Waals surface area contributed by atoms with Crippen molar-refractivity contribution in [3.8, 4) is 0 Å². The Hall–Kier alpha value is 0.230. The van der Waals surface area contributed by atoms with Crippen LogP contribution in [-0.4, -0.2) is 72.7 Å². The zero-order valence-electron chi connectivity index (χ0n) is 11.3. The highest BCUT2D eigenvalue weighted by atomic mass is 32.2. The lowest BCUT2D eigenvalue weighted by atomic mass is 10.1. The molecule has 2 atom stereocenters. The fourth-order valence-electron chi connectivity index (χ4n) is 2.89. The number of nitrogens with zero attached hydrogens (tertiary/aromatic N) is 2. The molecule has 17 heavy (non-hydrogen) atoms. The molecule has 0 spiro atoms. The van der Waals surface area contributed by atoms with Gasteiger partial charge in [-0.05, 0) is 26.4 Å². The summed E-state index contributed by atoms with van der Waals surface area (Å²) < 4.78 is 0. The Bertz CT molecular complexity index is 219. The Morgan fingerprint density at radius 1 is 1.35 bits per heavy atom. The molecule has 2 saturated heterocycles. The molecule has 1 N–H and O–H groups in total. The maximum atomic E-state index is 3.63. The lowest BCUT2D eigenvalue weighted by Crippen LogP contribution is -2.52. The molecule has 2 aliphatic heterocycles. The predicted octanol–water partition coefficient (Wildman–Crippen LogP) is 1.11. The molecule has 2 unspecified atom stereocenters. The van der Waals surface area contributed by atoms with Crippen LogP contribution < -0.4 is 5.32 Å². The van der Waals surface area contributed by atoms with E-state index in [1.807, 2.05) is 0 Å². The van der Waals surface area contributed by atoms with E-state index < -0.39 is 0 Å². The van der Waals surface area contributed by atoms with Gasteiger partial charge in [-0.25, -0.2) is 0 Å². The standard InChI is InChI=1S/C13H27N3S/c1-3-16-8-7-15(10-12(16)2)6-4-13-11-17-9-5-14-13/h12-14H,3-11H2,1-2H3. The van der Waals surface area contributed by atoms with Gasteiger partial charge in [0.25, 0.3) is 0 Å². The Morgan fingerprint density at radius 3 is 2.88 bits per heavy atom. The number of piperazine rings is 1. The predicted molar refractivity (Wildman–Crippen MR) is 76.9 cm³/mol. The van der Waals surface area contributed by atoms with Crippen LogP contribution in [0.15, 0.2) is 0 Å². The summed E-state index contributed by atoms with van der Waals surface area (Å²) in [5.74, 6) is 2.60. The van der Waals surface area contributed by atoms with Crippen LogP contribution in [0.3, 0.4) is 0 Å². The molecule has 0 aromatic rings. The monoisotopic (exact) mass is 257 g/mol. The summed E-state index contributed by atoms with van der Waals surface area (Å²) in [4.78, 5) is 5.24. The van der Waals surface area contributed by atoms with E-state index in [-0.39, 0.29) is 0 Å². The van der Waals surface area contributed by atoms with Gasteiger partial charge < -0.3 is 10.2 Å². The zero-order chi connectivity index (χ0) is 12.1. The van der Waals surface area contributed by atoms with Crippen LogP contribution in [0.5, 0.6) is 0 Å². The van der Waals surface area contributed by atoms with Crippen molar-refractivity contribution in [2.24, 2.45) is 0 Å². The van der Waals surface area contributed by atoms with Gasteiger partial charge in [-0.1, -0.05) is 6.92 Å². The van der Waals surface area contributed by atoms with Gasteiger partial charge >= 0.3 is 0 Å². The topological polar surface area (TPSA) is 18.5 Å². The molecule has 0 amide bonds. The van der Waals surface area contributed by atoms with E-state index in [1.165, 1.54) is 57.2 Å². The van der Waals surface area contributed by atoms with Crippen molar-refractivity contribution >= 4 is 11.8 Å². The van der Waals surface area contributed by atoms with Crippen LogP contribution in [0.25, 0.3) is 0 Å². The van der Waals surface area contributed by atoms with E-state index in [2.05, 4.69) is 40.7 Å². The summed E-state index contributed by atoms with van der Waals surface area (Å²) in [6.45, 7) is 12.1. The highest BCUT2D eigenvalue weighted by Gasteiger charge is 2.23. The Kier molecular flexibility index (Phi) is 5.60. The Labute approximate surface area is 110 Å². The average Bonchev–Trinajstić information content (AvgIpc) is 2.38. The molecule has 0 aromatic heterocycles. The quantitative estimate of drug-likeness (QED) is 0.813. The van der Waals surface area contributed by atoms with Gasteiger partial charge in [-0.2, -0.15) is 11.8 Å². The first-order valence-corrected chi connectivity index (χ1v) is 8.22. The smallest absolute Gasteiger partial charge is 0.0195 e. The Morgan fingerprint density at radius 2 is 2.24 bits per heavy atom. The van der Waals surface area contributed by atoms with E-state index >= 15 is 0 Å². The SMILES string of the molecule is CCN1CCN(CCC2CSCCN2)CC1C. The van der Waals surface area contributed by atoms with Crippen LogP contribution in [0.4, 0.5) is 0 Å². The van der Waals surface area contributed by atoms with Gasteiger partial charge in [0.2, 0.25) is 0 Å². The van der Waals surface area contributed by atoms with Gasteiger partial charge in [-0.3, -0.25) is 4.90 Å². The summed E-state index contributed by atoms with van der Waals surface area (Å²) >= 11 is 2.10. The molecule has 0 aromatic carbocycles. The van der Waals surface area contributed by atoms with Gasteiger partial charge in [0, 0.05) is 49.8 Å². The zero-order valence-corrected chi connectivity index (χ0v) is 12.1. The van der Waals surface area contributed by atoms with Crippen molar-refractivity contribution in [2.45, 2.75) is 32.4 Å². The molecule has 4 heteroatoms. The first-order chi connectivity index (χ1) is 8.29. The molecule has 2 heterocycles. The van der Waals surface area contributed by atoms with E-state index in [1.54, 1.807) is 0 Å². The third-order valence-corrected chi connectivity index (χ3v) is 5.18. The highest BCUT2D eigenvalue weighted by Crippen LogP contribution is 2.13. The number of thioether (sulfide) groups is 1. The number of hydrogen-bond donors (Lipinski definition) is 1. The number of hydrogen-bond acceptors (Lipinski definition) is 4. The van der Waals surface area contributed by atoms with Gasteiger partial charge in [0.1, 0.15) is 0 Å². The summed E-state index contributed by atoms with van der Waals surface area (Å²) in [6, 6.07) is 1.50. The molecule has 3 nitrogen and oxygen atoms in total. The fraction of sp³-hybridized carbons (Fsp3) is 1.00. The molecule has 2 rings (SSSR count). The molecular formula is C13H27N3S. The maximum Gasteiger partial charge on any atom is 0.0195 e. The first kappa shape index (κ1) is 13.7. The fourth-order valence-corrected chi connectivity index (χ4v) is 3.88. The Balaban J connectivity index is 1.66. The molecule has 2 fully saturated rings. The van der Waals surface area contributed by atoms with Gasteiger partial charge in [-0.15, -0.1) is 0 Å². The second-order valence-corrected chi connectivity index (χ2v) is 6.44. The van der Waals surface area contributed by atoms with Crippen LogP contribution in [0.2, 0.25) is 0 Å². The van der Waals surface area contributed by atoms with Crippen LogP contribution in [-0.2, 0) is 0 Å². The molecule has 0 bridgehead atoms. The average molecular weight is 257 g/mol. The van der Waals surface area contributed by atoms with Gasteiger partial charge in [0.15, 0.2) is 0 Å². The van der Waals surface area contributed by atoms with Gasteiger partial charge in [0.05, 0.1) is 0 Å². The molecule has 100 valence electrons. The third-order valence-electron chi connectivity index (χ3n) is 4.05. The molecule has 0 aliphatic carbocycles. The maximum absolute atomic E-state index is 3.63. The second-order valence-electron chi connectivity index (χ2n) is 5.29. The lowest BCUT2D eigenvalue weighted by molar-refractivity contribution is 0.0857. The van der Waals surface area contributed by atoms with E-state index in [0.29, 0.717) is 0 Å². The normalized spacial score (nSPS) is 32.8. The molecule has 0 radical (unpaired) electrons. The minimum atomic E-state index is 0.738. The number of rotatable bonds is 4. The second kappa shape index (κ2) is 6.98. The van der Waals surface area contributed by atoms with Crippen LogP contribution in [0, 0.1) is 0 Å². The minimum Gasteiger partial charge on any atom is -0.312 e. The van der Waals surface area contributed by atoms with E-state index in [9.17, 15) is 0 Å². The molecule has 0 saturated carbocycles. The van der Waals surface area contributed by atoms with E-state index in [0.717, 1.165) is 12.1 Å². The number of nitrogens with one attached hydrogen (secondary N) is 1. The summed E-state index contributed by atoms with van der Waals surface area (Å²) in [5.41, 5.74) is 0. The van der Waals surface area contributed by atoms with E-state index in [4.69, 9.17) is 0 Å². The summed E-state index contributed by atoms with van der Waals surface area (Å²) in [5, 5.41) is 3.63. The van der Waals surface area contributed by atoms with Crippen molar-refractivity contribution in [3.05, 3.63) is 0 Å². The molecule has 2 aliphatic rings. The van der Waals surface area contributed by atoms with Crippen LogP contribution in [0.1, 0.15) is 20.3 Å². The van der Waals surface area contributed by atoms with Crippen LogP contribution >= 0.6 is 11.8 Å². The van der Waals surface area contributed by atoms with Crippen molar-refractivity contribution in [3.63, 3.8) is 0 Å². The van der Waals surface area contributed by atoms with Crippen molar-refractivity contribution in [1.82, 2.24) is 15.1 Å². The minimum absolute atomic E-state index is 0.738. The number of likely N-dealkylation sites (N-methyl/N-ethyl adjacent to an activating group) is 1. The van der Waals surface area contributed by atoms with Crippen molar-refractivity contribution in [2.75, 3.05) is 50.8 Å². The van der Waals surface area contributed by atoms with Crippen molar-refractivity contribution < 1.29 is 0 Å². The third kappa shape index (κ3) is 4.12. The molecular weight excluding hydrogens is 230 g/mol. The summed E-state index contributed by atoms with van der Waals surface area (Å²) in [7, 11) is 0. The summed E-state index contributed by atoms with van der Waals surface area (Å²) in [6.07, 6.45) is 1.33. The van der Waals surface area contributed by atoms with Crippen molar-refractivity contribution in [1.29, 1.82) is 0 Å². The first-order valence-electron chi connectivity index (χ1n) is 7.07. The highest BCUT2D eigenvalue weighted by molar-refractivity contribution is 7.99.